The summed E-state index contributed by atoms with van der Waals surface area (Å²) in [6.45, 7) is 1.64. The van der Waals surface area contributed by atoms with Gasteiger partial charge in [-0.05, 0) is 31.2 Å². The fourth-order valence-electron chi connectivity index (χ4n) is 1.61. The van der Waals surface area contributed by atoms with Crippen molar-refractivity contribution in [3.63, 3.8) is 0 Å². The fourth-order valence-corrected chi connectivity index (χ4v) is 1.61. The van der Waals surface area contributed by atoms with Gasteiger partial charge in [0.15, 0.2) is 6.10 Å². The molecule has 0 heterocycles. The summed E-state index contributed by atoms with van der Waals surface area (Å²) in [5, 5.41) is 13.4. The number of nitrogens with zero attached hydrogens (tertiary/aromatic N) is 1. The van der Waals surface area contributed by atoms with E-state index in [9.17, 15) is 9.90 Å². The lowest BCUT2D eigenvalue weighted by Gasteiger charge is -2.12. The van der Waals surface area contributed by atoms with Gasteiger partial charge in [-0.25, -0.2) is 5.43 Å². The molecule has 0 unspecified atom stereocenters. The highest BCUT2D eigenvalue weighted by atomic mass is 16.5. The average Bonchev–Trinajstić information content (AvgIpc) is 2.50. The molecule has 0 saturated heterocycles. The summed E-state index contributed by atoms with van der Waals surface area (Å²) < 4.78 is 5.47. The lowest BCUT2D eigenvalue weighted by atomic mass is 10.2. The predicted molar refractivity (Wildman–Crippen MR) is 80.4 cm³/mol. The minimum atomic E-state index is -0.672. The van der Waals surface area contributed by atoms with Crippen molar-refractivity contribution in [3.8, 4) is 11.5 Å². The third kappa shape index (κ3) is 4.35. The molecule has 108 valence electrons. The Bertz CT molecular complexity index is 626. The molecule has 2 aromatic rings. The number of aromatic hydroxyl groups is 1. The number of ether oxygens (including phenoxy) is 1. The van der Waals surface area contributed by atoms with Gasteiger partial charge < -0.3 is 9.84 Å². The highest BCUT2D eigenvalue weighted by molar-refractivity contribution is 5.86. The van der Waals surface area contributed by atoms with Gasteiger partial charge in [-0.15, -0.1) is 0 Å². The van der Waals surface area contributed by atoms with E-state index in [1.54, 1.807) is 43.3 Å². The summed E-state index contributed by atoms with van der Waals surface area (Å²) in [5.74, 6) is 0.347. The molecule has 5 nitrogen and oxygen atoms in total. The third-order valence-corrected chi connectivity index (χ3v) is 2.74. The molecule has 0 spiro atoms. The molecule has 0 saturated carbocycles. The van der Waals surface area contributed by atoms with E-state index in [1.165, 1.54) is 6.21 Å². The zero-order valence-electron chi connectivity index (χ0n) is 11.6. The zero-order chi connectivity index (χ0) is 15.1. The van der Waals surface area contributed by atoms with Crippen LogP contribution in [0.2, 0.25) is 0 Å². The van der Waals surface area contributed by atoms with Crippen molar-refractivity contribution in [2.24, 2.45) is 5.10 Å². The van der Waals surface area contributed by atoms with Crippen molar-refractivity contribution in [2.75, 3.05) is 0 Å². The molecule has 2 N–H and O–H groups in total. The van der Waals surface area contributed by atoms with Crippen LogP contribution in [0.1, 0.15) is 12.5 Å². The molecule has 0 radical (unpaired) electrons. The van der Waals surface area contributed by atoms with E-state index in [4.69, 9.17) is 4.74 Å². The van der Waals surface area contributed by atoms with Crippen LogP contribution in [0.4, 0.5) is 0 Å². The van der Waals surface area contributed by atoms with Gasteiger partial charge in [0.05, 0.1) is 6.21 Å². The van der Waals surface area contributed by atoms with Gasteiger partial charge >= 0.3 is 0 Å². The number of rotatable bonds is 5. The first-order valence-corrected chi connectivity index (χ1v) is 6.49. The smallest absolute Gasteiger partial charge is 0.280 e. The van der Waals surface area contributed by atoms with Crippen LogP contribution in [-0.2, 0) is 4.79 Å². The number of phenols is 1. The summed E-state index contributed by atoms with van der Waals surface area (Å²) >= 11 is 0. The van der Waals surface area contributed by atoms with Crippen molar-refractivity contribution in [1.29, 1.82) is 0 Å². The van der Waals surface area contributed by atoms with Gasteiger partial charge in [-0.2, -0.15) is 5.10 Å². The van der Waals surface area contributed by atoms with Crippen LogP contribution in [0.3, 0.4) is 0 Å². The number of carbonyl (C=O) groups is 1. The largest absolute Gasteiger partial charge is 0.507 e. The zero-order valence-corrected chi connectivity index (χ0v) is 11.6. The second-order valence-corrected chi connectivity index (χ2v) is 4.37. The summed E-state index contributed by atoms with van der Waals surface area (Å²) in [5.41, 5.74) is 2.90. The van der Waals surface area contributed by atoms with Crippen molar-refractivity contribution < 1.29 is 14.6 Å². The maximum atomic E-state index is 11.8. The number of nitrogens with one attached hydrogen (secondary N) is 1. The summed E-state index contributed by atoms with van der Waals surface area (Å²) in [6.07, 6.45) is 0.705. The van der Waals surface area contributed by atoms with E-state index in [0.29, 0.717) is 11.3 Å². The molecule has 1 atom stereocenters. The Balaban J connectivity index is 1.88. The Labute approximate surface area is 122 Å². The fraction of sp³-hybridized carbons (Fsp3) is 0.125. The Kier molecular flexibility index (Phi) is 4.93. The molecular formula is C16H16N2O3. The van der Waals surface area contributed by atoms with Crippen LogP contribution in [-0.4, -0.2) is 23.3 Å². The molecule has 0 aliphatic rings. The Hall–Kier alpha value is -2.82. The number of para-hydroxylation sites is 2. The van der Waals surface area contributed by atoms with Crippen LogP contribution in [0.15, 0.2) is 59.7 Å². The van der Waals surface area contributed by atoms with Crippen molar-refractivity contribution in [2.45, 2.75) is 13.0 Å². The van der Waals surface area contributed by atoms with Gasteiger partial charge in [0.2, 0.25) is 0 Å². The minimum Gasteiger partial charge on any atom is -0.507 e. The minimum absolute atomic E-state index is 0.101. The molecule has 1 amide bonds. The lowest BCUT2D eigenvalue weighted by molar-refractivity contribution is -0.127. The molecule has 0 bridgehead atoms. The van der Waals surface area contributed by atoms with Crippen molar-refractivity contribution in [3.05, 3.63) is 60.2 Å². The monoisotopic (exact) mass is 284 g/mol. The standard InChI is InChI=1S/C16H16N2O3/c1-12(21-14-8-3-2-4-9-14)16(20)18-17-11-13-7-5-6-10-15(13)19/h2-12,19H,1H3,(H,18,20)/t12-/m0/s1. The van der Waals surface area contributed by atoms with Gasteiger partial charge in [0.1, 0.15) is 11.5 Å². The average molecular weight is 284 g/mol. The van der Waals surface area contributed by atoms with E-state index in [-0.39, 0.29) is 11.7 Å². The highest BCUT2D eigenvalue weighted by Crippen LogP contribution is 2.13. The SMILES string of the molecule is C[C@H](Oc1ccccc1)C(=O)NN=Cc1ccccc1O. The van der Waals surface area contributed by atoms with Crippen molar-refractivity contribution in [1.82, 2.24) is 5.43 Å². The molecular weight excluding hydrogens is 268 g/mol. The first-order valence-electron chi connectivity index (χ1n) is 6.49. The molecule has 0 aliphatic heterocycles. The molecule has 0 fully saturated rings. The van der Waals surface area contributed by atoms with Crippen LogP contribution in [0, 0.1) is 0 Å². The van der Waals surface area contributed by atoms with Gasteiger partial charge in [0.25, 0.3) is 5.91 Å². The number of phenolic OH excluding ortho intramolecular Hbond substituents is 1. The molecule has 0 aliphatic carbocycles. The van der Waals surface area contributed by atoms with E-state index in [0.717, 1.165) is 0 Å². The summed E-state index contributed by atoms with van der Waals surface area (Å²) in [7, 11) is 0. The van der Waals surface area contributed by atoms with Crippen LogP contribution in [0.5, 0.6) is 11.5 Å². The first kappa shape index (κ1) is 14.6. The quantitative estimate of drug-likeness (QED) is 0.654. The Morgan fingerprint density at radius 3 is 2.57 bits per heavy atom. The molecule has 0 aromatic heterocycles. The first-order chi connectivity index (χ1) is 10.2. The number of carbonyl (C=O) groups excluding carboxylic acids is 1. The van der Waals surface area contributed by atoms with Gasteiger partial charge in [0, 0.05) is 5.56 Å². The normalized spacial score (nSPS) is 12.0. The third-order valence-electron chi connectivity index (χ3n) is 2.74. The summed E-state index contributed by atoms with van der Waals surface area (Å²) in [6, 6.07) is 15.8. The Morgan fingerprint density at radius 1 is 1.19 bits per heavy atom. The van der Waals surface area contributed by atoms with Crippen LogP contribution in [0.25, 0.3) is 0 Å². The maximum absolute atomic E-state index is 11.8. The van der Waals surface area contributed by atoms with Crippen LogP contribution >= 0.6 is 0 Å². The number of hydrogen-bond acceptors (Lipinski definition) is 4. The summed E-state index contributed by atoms with van der Waals surface area (Å²) in [4.78, 5) is 11.8. The molecule has 2 rings (SSSR count). The van der Waals surface area contributed by atoms with Crippen LogP contribution < -0.4 is 10.2 Å². The van der Waals surface area contributed by atoms with E-state index < -0.39 is 6.10 Å². The predicted octanol–water partition coefficient (Wildman–Crippen LogP) is 2.31. The second kappa shape index (κ2) is 7.09. The molecule has 2 aromatic carbocycles. The van der Waals surface area contributed by atoms with E-state index in [1.807, 2.05) is 18.2 Å². The molecule has 21 heavy (non-hydrogen) atoms. The topological polar surface area (TPSA) is 70.9 Å². The number of hydrogen-bond donors (Lipinski definition) is 2. The second-order valence-electron chi connectivity index (χ2n) is 4.37. The maximum Gasteiger partial charge on any atom is 0.280 e. The van der Waals surface area contributed by atoms with Crippen molar-refractivity contribution >= 4 is 12.1 Å². The number of hydrazone groups is 1. The lowest BCUT2D eigenvalue weighted by Crippen LogP contribution is -2.33. The molecule has 5 heteroatoms. The van der Waals surface area contributed by atoms with E-state index >= 15 is 0 Å². The van der Waals surface area contributed by atoms with E-state index in [2.05, 4.69) is 10.5 Å². The van der Waals surface area contributed by atoms with Gasteiger partial charge in [-0.3, -0.25) is 4.79 Å². The highest BCUT2D eigenvalue weighted by Gasteiger charge is 2.13. The number of benzene rings is 2. The number of amides is 1. The van der Waals surface area contributed by atoms with Gasteiger partial charge in [-0.1, -0.05) is 30.3 Å². The Morgan fingerprint density at radius 2 is 1.86 bits per heavy atom.